The molecule has 1 saturated heterocycles. The Kier molecular flexibility index (Phi) is 6.04. The van der Waals surface area contributed by atoms with Crippen LogP contribution in [0.25, 0.3) is 11.0 Å². The summed E-state index contributed by atoms with van der Waals surface area (Å²) >= 11 is 5.98. The number of carbonyl (C=O) groups is 2. The van der Waals surface area contributed by atoms with Crippen molar-refractivity contribution in [3.63, 3.8) is 0 Å². The molecule has 0 radical (unpaired) electrons. The Hall–Kier alpha value is -2.86. The number of benzene rings is 2. The number of amides is 2. The highest BCUT2D eigenvalue weighted by molar-refractivity contribution is 6.30. The number of H-pyrrole nitrogens is 1. The Balaban J connectivity index is 1.29. The van der Waals surface area contributed by atoms with Crippen molar-refractivity contribution in [1.29, 1.82) is 0 Å². The van der Waals surface area contributed by atoms with Gasteiger partial charge in [-0.2, -0.15) is 0 Å². The van der Waals surface area contributed by atoms with Gasteiger partial charge in [0.1, 0.15) is 5.82 Å². The second-order valence-corrected chi connectivity index (χ2v) is 8.37. The molecule has 6 nitrogen and oxygen atoms in total. The van der Waals surface area contributed by atoms with E-state index in [1.807, 2.05) is 48.5 Å². The number of para-hydroxylation sites is 2. The van der Waals surface area contributed by atoms with E-state index in [2.05, 4.69) is 20.6 Å². The van der Waals surface area contributed by atoms with E-state index < -0.39 is 0 Å². The van der Waals surface area contributed by atoms with Crippen LogP contribution >= 0.6 is 11.6 Å². The van der Waals surface area contributed by atoms with Crippen molar-refractivity contribution < 1.29 is 9.59 Å². The number of nitrogens with zero attached hydrogens (tertiary/aromatic N) is 1. The van der Waals surface area contributed by atoms with E-state index >= 15 is 0 Å². The minimum absolute atomic E-state index is 0.0114. The van der Waals surface area contributed by atoms with Gasteiger partial charge in [-0.05, 0) is 49.1 Å². The number of imidazole rings is 1. The summed E-state index contributed by atoms with van der Waals surface area (Å²) in [4.78, 5) is 32.1. The second-order valence-electron chi connectivity index (χ2n) is 7.93. The van der Waals surface area contributed by atoms with Crippen LogP contribution in [0.2, 0.25) is 5.02 Å². The molecule has 0 bridgehead atoms. The lowest BCUT2D eigenvalue weighted by Crippen LogP contribution is -2.44. The van der Waals surface area contributed by atoms with Crippen LogP contribution in [-0.4, -0.2) is 33.9 Å². The topological polar surface area (TPSA) is 86.9 Å². The van der Waals surface area contributed by atoms with Gasteiger partial charge in [-0.25, -0.2) is 4.98 Å². The van der Waals surface area contributed by atoms with Crippen molar-refractivity contribution >= 4 is 34.4 Å². The van der Waals surface area contributed by atoms with Gasteiger partial charge in [0.05, 0.1) is 11.0 Å². The Morgan fingerprint density at radius 3 is 2.70 bits per heavy atom. The third-order valence-electron chi connectivity index (χ3n) is 5.64. The van der Waals surface area contributed by atoms with Crippen molar-refractivity contribution in [1.82, 2.24) is 20.6 Å². The zero-order chi connectivity index (χ0) is 21.0. The molecule has 30 heavy (non-hydrogen) atoms. The second kappa shape index (κ2) is 8.88. The number of hydrogen-bond acceptors (Lipinski definition) is 3. The molecule has 1 fully saturated rings. The van der Waals surface area contributed by atoms with Crippen LogP contribution in [0.1, 0.15) is 37.1 Å². The molecule has 2 heterocycles. The third kappa shape index (κ3) is 5.00. The number of hydrogen-bond donors (Lipinski definition) is 3. The van der Waals surface area contributed by atoms with Crippen LogP contribution in [0.5, 0.6) is 0 Å². The molecule has 1 aromatic heterocycles. The van der Waals surface area contributed by atoms with E-state index in [-0.39, 0.29) is 17.4 Å². The van der Waals surface area contributed by atoms with Gasteiger partial charge in [-0.3, -0.25) is 9.59 Å². The third-order valence-corrected chi connectivity index (χ3v) is 5.90. The maximum atomic E-state index is 12.4. The molecule has 4 rings (SSSR count). The van der Waals surface area contributed by atoms with Crippen LogP contribution < -0.4 is 10.6 Å². The molecule has 2 aromatic carbocycles. The monoisotopic (exact) mass is 424 g/mol. The Morgan fingerprint density at radius 1 is 1.17 bits per heavy atom. The summed E-state index contributed by atoms with van der Waals surface area (Å²) in [6, 6.07) is 15.5. The first-order valence-corrected chi connectivity index (χ1v) is 10.6. The number of aromatic nitrogens is 2. The van der Waals surface area contributed by atoms with Gasteiger partial charge in [0.2, 0.25) is 11.8 Å². The van der Waals surface area contributed by atoms with Gasteiger partial charge < -0.3 is 15.6 Å². The predicted molar refractivity (Wildman–Crippen MR) is 117 cm³/mol. The molecule has 1 aliphatic heterocycles. The number of carbonyl (C=O) groups excluding carboxylic acids is 2. The molecule has 7 heteroatoms. The van der Waals surface area contributed by atoms with Crippen LogP contribution in [0.3, 0.4) is 0 Å². The zero-order valence-corrected chi connectivity index (χ0v) is 17.5. The van der Waals surface area contributed by atoms with E-state index in [4.69, 9.17) is 11.6 Å². The lowest BCUT2D eigenvalue weighted by molar-refractivity contribution is -0.122. The number of rotatable bonds is 8. The lowest BCUT2D eigenvalue weighted by Gasteiger charge is -2.29. The normalized spacial score (nSPS) is 18.5. The summed E-state index contributed by atoms with van der Waals surface area (Å²) in [7, 11) is 0. The molecule has 1 atom stereocenters. The molecule has 0 aliphatic carbocycles. The molecule has 1 unspecified atom stereocenters. The van der Waals surface area contributed by atoms with Gasteiger partial charge in [-0.15, -0.1) is 0 Å². The first-order valence-electron chi connectivity index (χ1n) is 10.3. The van der Waals surface area contributed by atoms with E-state index in [0.717, 1.165) is 28.8 Å². The van der Waals surface area contributed by atoms with Gasteiger partial charge in [0.15, 0.2) is 0 Å². The van der Waals surface area contributed by atoms with Crippen LogP contribution in [-0.2, 0) is 22.4 Å². The summed E-state index contributed by atoms with van der Waals surface area (Å²) in [6.45, 7) is 0.523. The lowest BCUT2D eigenvalue weighted by atomic mass is 9.85. The molecule has 2 amide bonds. The van der Waals surface area contributed by atoms with Gasteiger partial charge >= 0.3 is 0 Å². The highest BCUT2D eigenvalue weighted by Crippen LogP contribution is 2.30. The van der Waals surface area contributed by atoms with E-state index in [1.54, 1.807) is 0 Å². The summed E-state index contributed by atoms with van der Waals surface area (Å²) in [5.74, 6) is 0.899. The molecule has 3 aromatic rings. The number of nitrogens with one attached hydrogen (secondary N) is 3. The summed E-state index contributed by atoms with van der Waals surface area (Å²) in [5.41, 5.74) is 2.66. The van der Waals surface area contributed by atoms with E-state index in [1.165, 1.54) is 0 Å². The van der Waals surface area contributed by atoms with Crippen LogP contribution in [0.15, 0.2) is 48.5 Å². The fourth-order valence-corrected chi connectivity index (χ4v) is 4.19. The quantitative estimate of drug-likeness (QED) is 0.516. The van der Waals surface area contributed by atoms with Crippen molar-refractivity contribution in [3.05, 3.63) is 64.9 Å². The number of fused-ring (bicyclic) bond motifs is 1. The predicted octanol–water partition coefficient (Wildman–Crippen LogP) is 3.55. The van der Waals surface area contributed by atoms with E-state index in [0.29, 0.717) is 43.7 Å². The molecule has 156 valence electrons. The zero-order valence-electron chi connectivity index (χ0n) is 16.7. The molecule has 1 aliphatic rings. The fourth-order valence-electron chi connectivity index (χ4n) is 4.06. The smallest absolute Gasteiger partial charge is 0.220 e. The molecule has 3 N–H and O–H groups in total. The number of aromatic amines is 1. The number of halogens is 1. The molecule has 0 spiro atoms. The summed E-state index contributed by atoms with van der Waals surface area (Å²) in [6.07, 6.45) is 3.56. The molecule has 0 saturated carbocycles. The maximum Gasteiger partial charge on any atom is 0.220 e. The SMILES string of the molecule is O=C(CCC1(Cc2ccc(Cl)cc2)CCC(=O)N1)NCCc1nc2ccccc2[nH]1. The summed E-state index contributed by atoms with van der Waals surface area (Å²) < 4.78 is 0. The van der Waals surface area contributed by atoms with Crippen molar-refractivity contribution in [3.8, 4) is 0 Å². The minimum atomic E-state index is -0.374. The average molecular weight is 425 g/mol. The highest BCUT2D eigenvalue weighted by atomic mass is 35.5. The fraction of sp³-hybridized carbons (Fsp3) is 0.348. The van der Waals surface area contributed by atoms with Crippen molar-refractivity contribution in [2.45, 2.75) is 44.1 Å². The van der Waals surface area contributed by atoms with Gasteiger partial charge in [0.25, 0.3) is 0 Å². The Bertz CT molecular complexity index is 1010. The van der Waals surface area contributed by atoms with E-state index in [9.17, 15) is 9.59 Å². The first-order chi connectivity index (χ1) is 14.5. The van der Waals surface area contributed by atoms with Crippen molar-refractivity contribution in [2.24, 2.45) is 0 Å². The van der Waals surface area contributed by atoms with Crippen LogP contribution in [0, 0.1) is 0 Å². The Morgan fingerprint density at radius 2 is 1.97 bits per heavy atom. The molecular formula is C23H25ClN4O2. The van der Waals surface area contributed by atoms with Gasteiger partial charge in [0, 0.05) is 36.4 Å². The first kappa shape index (κ1) is 20.4. The van der Waals surface area contributed by atoms with Crippen molar-refractivity contribution in [2.75, 3.05) is 6.54 Å². The molecular weight excluding hydrogens is 400 g/mol. The average Bonchev–Trinajstić information content (AvgIpc) is 3.31. The maximum absolute atomic E-state index is 12.4. The summed E-state index contributed by atoms with van der Waals surface area (Å²) in [5, 5.41) is 6.77. The highest BCUT2D eigenvalue weighted by Gasteiger charge is 2.37. The van der Waals surface area contributed by atoms with Crippen LogP contribution in [0.4, 0.5) is 0 Å². The minimum Gasteiger partial charge on any atom is -0.356 e. The van der Waals surface area contributed by atoms with Gasteiger partial charge in [-0.1, -0.05) is 35.9 Å². The Labute approximate surface area is 180 Å². The standard InChI is InChI=1S/C23H25ClN4O2/c24-17-7-5-16(6-8-17)15-23(13-10-22(30)28-23)12-9-21(29)25-14-11-20-26-18-3-1-2-4-19(18)27-20/h1-8H,9-15H2,(H,25,29)(H,26,27)(H,28,30). The largest absolute Gasteiger partial charge is 0.356 e.